The Morgan fingerprint density at radius 1 is 1.00 bits per heavy atom. The van der Waals surface area contributed by atoms with Gasteiger partial charge in [-0.25, -0.2) is 14.5 Å². The van der Waals surface area contributed by atoms with Crippen LogP contribution in [-0.2, 0) is 9.53 Å². The topological polar surface area (TPSA) is 74.1 Å². The quantitative estimate of drug-likeness (QED) is 0.670. The van der Waals surface area contributed by atoms with Crippen molar-refractivity contribution in [2.24, 2.45) is 0 Å². The van der Waals surface area contributed by atoms with Crippen LogP contribution < -0.4 is 0 Å². The van der Waals surface area contributed by atoms with Gasteiger partial charge in [-0.1, -0.05) is 48.5 Å². The number of hydrogen-bond acceptors (Lipinski definition) is 5. The third-order valence-electron chi connectivity index (χ3n) is 3.68. The minimum Gasteiger partial charge on any atom is -0.449 e. The largest absolute Gasteiger partial charge is 0.449 e. The molecule has 3 aromatic rings. The standard InChI is InChI=1S/C19H17N3O3/c1-13(23)14(2)25-19(24)17-20-18(15-9-5-3-6-10-15)22(21-17)16-11-7-4-8-12-16/h3-12,14H,1-2H3. The van der Waals surface area contributed by atoms with Crippen LogP contribution in [0, 0.1) is 0 Å². The number of rotatable bonds is 5. The highest BCUT2D eigenvalue weighted by atomic mass is 16.5. The number of aromatic nitrogens is 3. The second-order valence-electron chi connectivity index (χ2n) is 5.53. The second-order valence-corrected chi connectivity index (χ2v) is 5.53. The highest BCUT2D eigenvalue weighted by molar-refractivity contribution is 5.89. The molecule has 0 fully saturated rings. The molecule has 0 bridgehead atoms. The number of esters is 1. The zero-order valence-electron chi connectivity index (χ0n) is 13.9. The first kappa shape index (κ1) is 16.6. The maximum absolute atomic E-state index is 12.3. The van der Waals surface area contributed by atoms with Crippen molar-refractivity contribution in [3.05, 3.63) is 66.5 Å². The van der Waals surface area contributed by atoms with Crippen LogP contribution in [0.4, 0.5) is 0 Å². The van der Waals surface area contributed by atoms with E-state index in [0.717, 1.165) is 11.3 Å². The maximum Gasteiger partial charge on any atom is 0.378 e. The lowest BCUT2D eigenvalue weighted by Gasteiger charge is -2.07. The summed E-state index contributed by atoms with van der Waals surface area (Å²) < 4.78 is 6.70. The van der Waals surface area contributed by atoms with Crippen molar-refractivity contribution in [3.63, 3.8) is 0 Å². The summed E-state index contributed by atoms with van der Waals surface area (Å²) in [7, 11) is 0. The fourth-order valence-electron chi connectivity index (χ4n) is 2.22. The lowest BCUT2D eigenvalue weighted by atomic mass is 10.2. The summed E-state index contributed by atoms with van der Waals surface area (Å²) >= 11 is 0. The molecule has 0 spiro atoms. The molecule has 25 heavy (non-hydrogen) atoms. The van der Waals surface area contributed by atoms with Gasteiger partial charge in [0, 0.05) is 5.56 Å². The summed E-state index contributed by atoms with van der Waals surface area (Å²) in [4.78, 5) is 27.9. The zero-order chi connectivity index (χ0) is 17.8. The van der Waals surface area contributed by atoms with E-state index in [2.05, 4.69) is 10.1 Å². The monoisotopic (exact) mass is 335 g/mol. The number of hydrogen-bond donors (Lipinski definition) is 0. The summed E-state index contributed by atoms with van der Waals surface area (Å²) in [5.41, 5.74) is 1.59. The van der Waals surface area contributed by atoms with Gasteiger partial charge < -0.3 is 4.74 Å². The van der Waals surface area contributed by atoms with Gasteiger partial charge in [0.2, 0.25) is 0 Å². The van der Waals surface area contributed by atoms with Crippen LogP contribution in [0.15, 0.2) is 60.7 Å². The van der Waals surface area contributed by atoms with Gasteiger partial charge in [0.15, 0.2) is 17.7 Å². The molecular weight excluding hydrogens is 318 g/mol. The van der Waals surface area contributed by atoms with Crippen LogP contribution in [0.5, 0.6) is 0 Å². The van der Waals surface area contributed by atoms with E-state index < -0.39 is 12.1 Å². The maximum atomic E-state index is 12.3. The first-order valence-corrected chi connectivity index (χ1v) is 7.85. The molecule has 6 nitrogen and oxygen atoms in total. The van der Waals surface area contributed by atoms with E-state index in [1.807, 2.05) is 60.7 Å². The zero-order valence-corrected chi connectivity index (χ0v) is 13.9. The van der Waals surface area contributed by atoms with Crippen molar-refractivity contribution in [2.75, 3.05) is 0 Å². The Bertz CT molecular complexity index is 832. The molecule has 0 saturated carbocycles. The molecule has 3 rings (SSSR count). The van der Waals surface area contributed by atoms with Gasteiger partial charge >= 0.3 is 5.97 Å². The minimum absolute atomic E-state index is 0.0872. The van der Waals surface area contributed by atoms with Gasteiger partial charge in [-0.15, -0.1) is 5.10 Å². The number of ether oxygens (including phenoxy) is 1. The Balaban J connectivity index is 2.03. The lowest BCUT2D eigenvalue weighted by molar-refractivity contribution is -0.124. The van der Waals surface area contributed by atoms with E-state index in [9.17, 15) is 9.59 Å². The fourth-order valence-corrected chi connectivity index (χ4v) is 2.22. The van der Waals surface area contributed by atoms with E-state index in [-0.39, 0.29) is 11.6 Å². The summed E-state index contributed by atoms with van der Waals surface area (Å²) in [6.45, 7) is 2.88. The van der Waals surface area contributed by atoms with Crippen LogP contribution in [0.1, 0.15) is 24.5 Å². The molecule has 126 valence electrons. The Labute approximate surface area is 145 Å². The minimum atomic E-state index is -0.837. The third kappa shape index (κ3) is 3.63. The van der Waals surface area contributed by atoms with Gasteiger partial charge in [-0.05, 0) is 26.0 Å². The van der Waals surface area contributed by atoms with Crippen LogP contribution in [0.3, 0.4) is 0 Å². The number of nitrogens with zero attached hydrogens (tertiary/aromatic N) is 3. The summed E-state index contributed by atoms with van der Waals surface area (Å²) in [6, 6.07) is 18.8. The van der Waals surface area contributed by atoms with Crippen molar-refractivity contribution in [1.29, 1.82) is 0 Å². The highest BCUT2D eigenvalue weighted by Gasteiger charge is 2.22. The van der Waals surface area contributed by atoms with Gasteiger partial charge in [-0.3, -0.25) is 4.79 Å². The molecule has 1 unspecified atom stereocenters. The molecular formula is C19H17N3O3. The highest BCUT2D eigenvalue weighted by Crippen LogP contribution is 2.21. The molecule has 1 atom stereocenters. The molecule has 0 saturated heterocycles. The van der Waals surface area contributed by atoms with Crippen LogP contribution >= 0.6 is 0 Å². The molecule has 0 N–H and O–H groups in total. The number of para-hydroxylation sites is 1. The van der Waals surface area contributed by atoms with E-state index in [4.69, 9.17) is 4.74 Å². The van der Waals surface area contributed by atoms with Crippen LogP contribution in [0.25, 0.3) is 17.1 Å². The van der Waals surface area contributed by atoms with Crippen molar-refractivity contribution < 1.29 is 14.3 Å². The van der Waals surface area contributed by atoms with Crippen molar-refractivity contribution in [3.8, 4) is 17.1 Å². The average Bonchev–Trinajstić information content (AvgIpc) is 3.08. The first-order valence-electron chi connectivity index (χ1n) is 7.85. The molecule has 6 heteroatoms. The van der Waals surface area contributed by atoms with E-state index in [0.29, 0.717) is 5.82 Å². The third-order valence-corrected chi connectivity index (χ3v) is 3.68. The van der Waals surface area contributed by atoms with Crippen LogP contribution in [-0.4, -0.2) is 32.6 Å². The SMILES string of the molecule is CC(=O)C(C)OC(=O)c1nc(-c2ccccc2)n(-c2ccccc2)n1. The Morgan fingerprint density at radius 3 is 2.20 bits per heavy atom. The van der Waals surface area contributed by atoms with Gasteiger partial charge in [0.25, 0.3) is 5.82 Å². The molecule has 0 amide bonds. The molecule has 0 aliphatic rings. The molecule has 0 aliphatic carbocycles. The Morgan fingerprint density at radius 2 is 1.60 bits per heavy atom. The number of carbonyl (C=O) groups is 2. The second kappa shape index (κ2) is 7.09. The van der Waals surface area contributed by atoms with Gasteiger partial charge in [0.05, 0.1) is 5.69 Å². The van der Waals surface area contributed by atoms with Gasteiger partial charge in [0.1, 0.15) is 0 Å². The molecule has 1 aromatic heterocycles. The smallest absolute Gasteiger partial charge is 0.378 e. The summed E-state index contributed by atoms with van der Waals surface area (Å²) in [6.07, 6.45) is -0.837. The summed E-state index contributed by atoms with van der Waals surface area (Å²) in [5.74, 6) is -0.529. The lowest BCUT2D eigenvalue weighted by Crippen LogP contribution is -2.22. The number of benzene rings is 2. The first-order chi connectivity index (χ1) is 12.1. The molecule has 2 aromatic carbocycles. The van der Waals surface area contributed by atoms with Crippen molar-refractivity contribution in [2.45, 2.75) is 20.0 Å². The Kier molecular flexibility index (Phi) is 4.70. The van der Waals surface area contributed by atoms with E-state index >= 15 is 0 Å². The fraction of sp³-hybridized carbons (Fsp3) is 0.158. The van der Waals surface area contributed by atoms with E-state index in [1.54, 1.807) is 4.68 Å². The van der Waals surface area contributed by atoms with Crippen molar-refractivity contribution >= 4 is 11.8 Å². The predicted octanol–water partition coefficient (Wildman–Crippen LogP) is 3.07. The van der Waals surface area contributed by atoms with Crippen LogP contribution in [0.2, 0.25) is 0 Å². The van der Waals surface area contributed by atoms with E-state index in [1.165, 1.54) is 13.8 Å². The molecule has 1 heterocycles. The summed E-state index contributed by atoms with van der Waals surface area (Å²) in [5, 5.41) is 4.29. The molecule has 0 radical (unpaired) electrons. The van der Waals surface area contributed by atoms with Crippen molar-refractivity contribution in [1.82, 2.24) is 14.8 Å². The number of carbonyl (C=O) groups excluding carboxylic acids is 2. The Hall–Kier alpha value is -3.28. The normalized spacial score (nSPS) is 11.8. The average molecular weight is 335 g/mol. The number of ketones is 1. The number of Topliss-reactive ketones (excluding diaryl/α,β-unsaturated/α-hetero) is 1. The van der Waals surface area contributed by atoms with Gasteiger partial charge in [-0.2, -0.15) is 0 Å². The predicted molar refractivity (Wildman–Crippen MR) is 92.4 cm³/mol. The molecule has 0 aliphatic heterocycles.